The highest BCUT2D eigenvalue weighted by molar-refractivity contribution is 9.10. The molecular weight excluding hydrogens is 328 g/mol. The van der Waals surface area contributed by atoms with Gasteiger partial charge in [-0.3, -0.25) is 4.68 Å². The second kappa shape index (κ2) is 6.50. The standard InChI is InChI=1S/C13H16BrClN4/c1-2-5-19-13(17-8-18-19)7-12(16)10-6-9(15)3-4-11(10)14/h3-4,6,8,12H,2,5,7,16H2,1H3. The van der Waals surface area contributed by atoms with Gasteiger partial charge in [0.25, 0.3) is 0 Å². The van der Waals surface area contributed by atoms with Crippen molar-refractivity contribution in [3.8, 4) is 0 Å². The van der Waals surface area contributed by atoms with Gasteiger partial charge in [-0.25, -0.2) is 4.98 Å². The van der Waals surface area contributed by atoms with Crippen LogP contribution in [0.3, 0.4) is 0 Å². The van der Waals surface area contributed by atoms with Gasteiger partial charge in [-0.05, 0) is 30.2 Å². The molecule has 102 valence electrons. The second-order valence-corrected chi connectivity index (χ2v) is 5.67. The number of nitrogens with zero attached hydrogens (tertiary/aromatic N) is 3. The fourth-order valence-electron chi connectivity index (χ4n) is 1.95. The molecule has 0 aliphatic carbocycles. The Kier molecular flexibility index (Phi) is 4.96. The predicted octanol–water partition coefficient (Wildman–Crippen LogP) is 3.35. The first-order chi connectivity index (χ1) is 9.11. The molecule has 1 aromatic carbocycles. The fourth-order valence-corrected chi connectivity index (χ4v) is 2.67. The molecule has 0 bridgehead atoms. The van der Waals surface area contributed by atoms with Gasteiger partial charge in [0.05, 0.1) is 0 Å². The van der Waals surface area contributed by atoms with Gasteiger partial charge in [0.2, 0.25) is 0 Å². The number of aryl methyl sites for hydroxylation is 1. The lowest BCUT2D eigenvalue weighted by molar-refractivity contribution is 0.547. The van der Waals surface area contributed by atoms with E-state index in [1.807, 2.05) is 22.9 Å². The molecule has 0 amide bonds. The molecule has 0 radical (unpaired) electrons. The third kappa shape index (κ3) is 3.55. The molecule has 2 rings (SSSR count). The van der Waals surface area contributed by atoms with Crippen molar-refractivity contribution in [3.63, 3.8) is 0 Å². The Morgan fingerprint density at radius 3 is 3.00 bits per heavy atom. The molecular formula is C13H16BrClN4. The molecule has 0 spiro atoms. The van der Waals surface area contributed by atoms with Gasteiger partial charge in [0.1, 0.15) is 12.2 Å². The molecule has 1 unspecified atom stereocenters. The third-order valence-corrected chi connectivity index (χ3v) is 3.85. The first-order valence-electron chi connectivity index (χ1n) is 6.19. The summed E-state index contributed by atoms with van der Waals surface area (Å²) in [5, 5.41) is 4.89. The van der Waals surface area contributed by atoms with E-state index in [4.69, 9.17) is 17.3 Å². The lowest BCUT2D eigenvalue weighted by atomic mass is 10.0. The lowest BCUT2D eigenvalue weighted by Crippen LogP contribution is -2.17. The molecule has 19 heavy (non-hydrogen) atoms. The molecule has 2 aromatic rings. The van der Waals surface area contributed by atoms with Gasteiger partial charge in [0.15, 0.2) is 0 Å². The maximum absolute atomic E-state index is 6.25. The zero-order valence-corrected chi connectivity index (χ0v) is 13.0. The van der Waals surface area contributed by atoms with Gasteiger partial charge in [-0.1, -0.05) is 34.5 Å². The second-order valence-electron chi connectivity index (χ2n) is 4.38. The van der Waals surface area contributed by atoms with Crippen molar-refractivity contribution in [1.29, 1.82) is 0 Å². The number of nitrogens with two attached hydrogens (primary N) is 1. The van der Waals surface area contributed by atoms with Gasteiger partial charge < -0.3 is 5.73 Å². The molecule has 1 aromatic heterocycles. The quantitative estimate of drug-likeness (QED) is 0.906. The molecule has 0 aliphatic rings. The van der Waals surface area contributed by atoms with E-state index in [0.717, 1.165) is 28.8 Å². The first-order valence-corrected chi connectivity index (χ1v) is 7.36. The Morgan fingerprint density at radius 1 is 1.47 bits per heavy atom. The van der Waals surface area contributed by atoms with Crippen LogP contribution in [-0.4, -0.2) is 14.8 Å². The van der Waals surface area contributed by atoms with Crippen LogP contribution in [0, 0.1) is 0 Å². The van der Waals surface area contributed by atoms with Crippen molar-refractivity contribution in [2.75, 3.05) is 0 Å². The summed E-state index contributed by atoms with van der Waals surface area (Å²) in [5.41, 5.74) is 7.24. The summed E-state index contributed by atoms with van der Waals surface area (Å²) in [6, 6.07) is 5.47. The van der Waals surface area contributed by atoms with E-state index in [1.165, 1.54) is 0 Å². The summed E-state index contributed by atoms with van der Waals surface area (Å²) in [5.74, 6) is 0.904. The van der Waals surface area contributed by atoms with Gasteiger partial charge >= 0.3 is 0 Å². The highest BCUT2D eigenvalue weighted by Crippen LogP contribution is 2.27. The van der Waals surface area contributed by atoms with Crippen molar-refractivity contribution in [2.24, 2.45) is 5.73 Å². The van der Waals surface area contributed by atoms with Crippen LogP contribution in [0.25, 0.3) is 0 Å². The number of halogens is 2. The summed E-state index contributed by atoms with van der Waals surface area (Å²) < 4.78 is 2.86. The van der Waals surface area contributed by atoms with E-state index in [0.29, 0.717) is 11.4 Å². The summed E-state index contributed by atoms with van der Waals surface area (Å²) in [4.78, 5) is 4.28. The van der Waals surface area contributed by atoms with Crippen molar-refractivity contribution in [1.82, 2.24) is 14.8 Å². The number of aromatic nitrogens is 3. The Hall–Kier alpha value is -0.910. The van der Waals surface area contributed by atoms with Crippen LogP contribution in [0.15, 0.2) is 29.0 Å². The van der Waals surface area contributed by atoms with Crippen molar-refractivity contribution in [3.05, 3.63) is 45.4 Å². The monoisotopic (exact) mass is 342 g/mol. The molecule has 0 saturated heterocycles. The molecule has 1 heterocycles. The Labute approximate surface area is 126 Å². The highest BCUT2D eigenvalue weighted by atomic mass is 79.9. The molecule has 6 heteroatoms. The van der Waals surface area contributed by atoms with Crippen molar-refractivity contribution >= 4 is 27.5 Å². The predicted molar refractivity (Wildman–Crippen MR) is 80.1 cm³/mol. The highest BCUT2D eigenvalue weighted by Gasteiger charge is 2.14. The molecule has 1 atom stereocenters. The smallest absolute Gasteiger partial charge is 0.138 e. The fraction of sp³-hybridized carbons (Fsp3) is 0.385. The van der Waals surface area contributed by atoms with Crippen molar-refractivity contribution in [2.45, 2.75) is 32.4 Å². The zero-order chi connectivity index (χ0) is 13.8. The van der Waals surface area contributed by atoms with Crippen LogP contribution in [0.1, 0.15) is 30.8 Å². The van der Waals surface area contributed by atoms with E-state index >= 15 is 0 Å². The number of hydrogen-bond donors (Lipinski definition) is 1. The van der Waals surface area contributed by atoms with Crippen LogP contribution in [0.4, 0.5) is 0 Å². The molecule has 0 aliphatic heterocycles. The summed E-state index contributed by atoms with van der Waals surface area (Å²) in [6.45, 7) is 2.97. The van der Waals surface area contributed by atoms with Crippen LogP contribution in [0.5, 0.6) is 0 Å². The Morgan fingerprint density at radius 2 is 2.26 bits per heavy atom. The van der Waals surface area contributed by atoms with Crippen LogP contribution in [-0.2, 0) is 13.0 Å². The zero-order valence-electron chi connectivity index (χ0n) is 10.7. The molecule has 4 nitrogen and oxygen atoms in total. The summed E-state index contributed by atoms with van der Waals surface area (Å²) >= 11 is 9.52. The average Bonchev–Trinajstić information content (AvgIpc) is 2.80. The number of hydrogen-bond acceptors (Lipinski definition) is 3. The molecule has 2 N–H and O–H groups in total. The summed E-state index contributed by atoms with van der Waals surface area (Å²) in [6.07, 6.45) is 3.23. The van der Waals surface area contributed by atoms with Gasteiger partial charge in [-0.2, -0.15) is 5.10 Å². The van der Waals surface area contributed by atoms with Crippen LogP contribution < -0.4 is 5.73 Å². The van der Waals surface area contributed by atoms with Crippen LogP contribution >= 0.6 is 27.5 Å². The Bertz CT molecular complexity index is 555. The average molecular weight is 344 g/mol. The first kappa shape index (κ1) is 14.5. The Balaban J connectivity index is 2.18. The topological polar surface area (TPSA) is 56.7 Å². The molecule has 0 fully saturated rings. The number of benzene rings is 1. The maximum Gasteiger partial charge on any atom is 0.138 e. The summed E-state index contributed by atoms with van der Waals surface area (Å²) in [7, 11) is 0. The van der Waals surface area contributed by atoms with E-state index in [9.17, 15) is 0 Å². The van der Waals surface area contributed by atoms with E-state index in [-0.39, 0.29) is 6.04 Å². The normalized spacial score (nSPS) is 12.6. The minimum atomic E-state index is -0.159. The maximum atomic E-state index is 6.25. The van der Waals surface area contributed by atoms with E-state index in [1.54, 1.807) is 6.33 Å². The third-order valence-electron chi connectivity index (χ3n) is 2.89. The van der Waals surface area contributed by atoms with Gasteiger partial charge in [-0.15, -0.1) is 0 Å². The minimum Gasteiger partial charge on any atom is -0.324 e. The van der Waals surface area contributed by atoms with E-state index in [2.05, 4.69) is 32.9 Å². The van der Waals surface area contributed by atoms with Crippen molar-refractivity contribution < 1.29 is 0 Å². The van der Waals surface area contributed by atoms with Crippen LogP contribution in [0.2, 0.25) is 5.02 Å². The largest absolute Gasteiger partial charge is 0.324 e. The number of rotatable bonds is 5. The van der Waals surface area contributed by atoms with E-state index < -0.39 is 0 Å². The SMILES string of the molecule is CCCn1ncnc1CC(N)c1cc(Cl)ccc1Br. The lowest BCUT2D eigenvalue weighted by Gasteiger charge is -2.14. The van der Waals surface area contributed by atoms with Gasteiger partial charge in [0, 0.05) is 28.5 Å². The molecule has 0 saturated carbocycles. The minimum absolute atomic E-state index is 0.159.